The van der Waals surface area contributed by atoms with Crippen molar-refractivity contribution in [1.29, 1.82) is 0 Å². The molecule has 0 spiro atoms. The van der Waals surface area contributed by atoms with Crippen molar-refractivity contribution in [3.8, 4) is 0 Å². The maximum Gasteiger partial charge on any atom is 0.272 e. The average molecular weight is 331 g/mol. The Bertz CT molecular complexity index is 689. The maximum atomic E-state index is 12.6. The molecule has 1 unspecified atom stereocenters. The molecule has 3 rings (SSSR count). The number of benzene rings is 1. The molecule has 2 aromatic rings. The second-order valence-electron chi connectivity index (χ2n) is 5.92. The third-order valence-corrected chi connectivity index (χ3v) is 4.20. The van der Waals surface area contributed by atoms with Crippen LogP contribution >= 0.6 is 11.6 Å². The fourth-order valence-corrected chi connectivity index (χ4v) is 2.89. The fourth-order valence-electron chi connectivity index (χ4n) is 2.76. The van der Waals surface area contributed by atoms with E-state index in [1.54, 1.807) is 18.2 Å². The zero-order valence-corrected chi connectivity index (χ0v) is 13.8. The molecule has 1 saturated heterocycles. The number of nitrogens with zero attached hydrogens (tertiary/aromatic N) is 3. The number of rotatable bonds is 3. The van der Waals surface area contributed by atoms with Gasteiger partial charge in [0.05, 0.1) is 0 Å². The lowest BCUT2D eigenvalue weighted by molar-refractivity contribution is 0.0677. The zero-order valence-electron chi connectivity index (χ0n) is 13.0. The fraction of sp³-hybridized carbons (Fsp3) is 0.353. The van der Waals surface area contributed by atoms with Crippen molar-refractivity contribution in [2.24, 2.45) is 5.92 Å². The average Bonchev–Trinajstić information content (AvgIpc) is 2.56. The first-order chi connectivity index (χ1) is 11.1. The first kappa shape index (κ1) is 15.7. The molecule has 1 amide bonds. The number of hydrogen-bond donors (Lipinski definition) is 1. The van der Waals surface area contributed by atoms with Gasteiger partial charge in [-0.05, 0) is 43.0 Å². The Hall–Kier alpha value is -2.14. The Labute approximate surface area is 140 Å². The molecule has 0 saturated carbocycles. The summed E-state index contributed by atoms with van der Waals surface area (Å²) in [5.41, 5.74) is 1.28. The van der Waals surface area contributed by atoms with E-state index in [0.29, 0.717) is 22.5 Å². The molecule has 1 atom stereocenters. The number of piperidine rings is 1. The van der Waals surface area contributed by atoms with Gasteiger partial charge in [-0.3, -0.25) is 4.79 Å². The lowest BCUT2D eigenvalue weighted by Crippen LogP contribution is -2.39. The molecule has 0 radical (unpaired) electrons. The largest absolute Gasteiger partial charge is 0.340 e. The molecule has 0 aliphatic carbocycles. The Balaban J connectivity index is 1.74. The van der Waals surface area contributed by atoms with Gasteiger partial charge in [0.2, 0.25) is 0 Å². The quantitative estimate of drug-likeness (QED) is 0.931. The number of amides is 1. The summed E-state index contributed by atoms with van der Waals surface area (Å²) in [6.45, 7) is 3.77. The minimum absolute atomic E-state index is 0.0295. The summed E-state index contributed by atoms with van der Waals surface area (Å²) in [6.07, 6.45) is 3.64. The van der Waals surface area contributed by atoms with Crippen LogP contribution in [-0.2, 0) is 0 Å². The van der Waals surface area contributed by atoms with E-state index in [1.807, 2.05) is 17.0 Å². The van der Waals surface area contributed by atoms with Crippen molar-refractivity contribution in [3.63, 3.8) is 0 Å². The smallest absolute Gasteiger partial charge is 0.272 e. The number of carbonyl (C=O) groups excluding carboxylic acids is 1. The molecule has 1 N–H and O–H groups in total. The number of nitrogens with one attached hydrogen (secondary N) is 1. The van der Waals surface area contributed by atoms with Gasteiger partial charge in [-0.2, -0.15) is 0 Å². The summed E-state index contributed by atoms with van der Waals surface area (Å²) in [6, 6.07) is 9.01. The third kappa shape index (κ3) is 3.99. The van der Waals surface area contributed by atoms with Crippen LogP contribution in [0.1, 0.15) is 30.3 Å². The van der Waals surface area contributed by atoms with Crippen LogP contribution in [0, 0.1) is 5.92 Å². The minimum atomic E-state index is -0.0295. The summed E-state index contributed by atoms with van der Waals surface area (Å²) in [5.74, 6) is 1.11. The Morgan fingerprint density at radius 3 is 2.83 bits per heavy atom. The molecule has 1 aromatic carbocycles. The maximum absolute atomic E-state index is 12.6. The minimum Gasteiger partial charge on any atom is -0.340 e. The van der Waals surface area contributed by atoms with Crippen LogP contribution in [0.3, 0.4) is 0 Å². The Morgan fingerprint density at radius 1 is 1.30 bits per heavy atom. The molecular weight excluding hydrogens is 312 g/mol. The van der Waals surface area contributed by atoms with Crippen molar-refractivity contribution in [2.45, 2.75) is 19.8 Å². The molecular formula is C17H19ClN4O. The lowest BCUT2D eigenvalue weighted by atomic mass is 10.00. The molecule has 5 nitrogen and oxygen atoms in total. The van der Waals surface area contributed by atoms with E-state index >= 15 is 0 Å². The highest BCUT2D eigenvalue weighted by Gasteiger charge is 2.23. The van der Waals surface area contributed by atoms with Crippen molar-refractivity contribution in [1.82, 2.24) is 14.9 Å². The molecule has 23 heavy (non-hydrogen) atoms. The van der Waals surface area contributed by atoms with Gasteiger partial charge in [0, 0.05) is 29.9 Å². The van der Waals surface area contributed by atoms with E-state index in [9.17, 15) is 4.79 Å². The number of hydrogen-bond acceptors (Lipinski definition) is 4. The second-order valence-corrected chi connectivity index (χ2v) is 6.36. The van der Waals surface area contributed by atoms with Gasteiger partial charge < -0.3 is 10.2 Å². The van der Waals surface area contributed by atoms with E-state index in [1.165, 1.54) is 12.7 Å². The predicted molar refractivity (Wildman–Crippen MR) is 91.1 cm³/mol. The van der Waals surface area contributed by atoms with Gasteiger partial charge in [0.15, 0.2) is 0 Å². The van der Waals surface area contributed by atoms with Crippen molar-refractivity contribution >= 4 is 29.0 Å². The van der Waals surface area contributed by atoms with Gasteiger partial charge in [-0.15, -0.1) is 0 Å². The predicted octanol–water partition coefficient (Wildman–Crippen LogP) is 3.75. The topological polar surface area (TPSA) is 58.1 Å². The van der Waals surface area contributed by atoms with Crippen molar-refractivity contribution in [2.75, 3.05) is 18.4 Å². The molecule has 1 aliphatic rings. The highest BCUT2D eigenvalue weighted by molar-refractivity contribution is 6.30. The molecule has 0 bridgehead atoms. The summed E-state index contributed by atoms with van der Waals surface area (Å²) >= 11 is 5.88. The Morgan fingerprint density at radius 2 is 2.09 bits per heavy atom. The van der Waals surface area contributed by atoms with Crippen LogP contribution < -0.4 is 5.32 Å². The molecule has 2 heterocycles. The highest BCUT2D eigenvalue weighted by atomic mass is 35.5. The highest BCUT2D eigenvalue weighted by Crippen LogP contribution is 2.20. The first-order valence-corrected chi connectivity index (χ1v) is 8.13. The van der Waals surface area contributed by atoms with Crippen LogP contribution in [0.5, 0.6) is 0 Å². The number of carbonyl (C=O) groups is 1. The number of aromatic nitrogens is 2. The van der Waals surface area contributed by atoms with Gasteiger partial charge in [-0.1, -0.05) is 18.5 Å². The van der Waals surface area contributed by atoms with E-state index in [-0.39, 0.29) is 5.91 Å². The summed E-state index contributed by atoms with van der Waals surface area (Å²) in [5, 5.41) is 3.83. The standard InChI is InChI=1S/C17H19ClN4O/c1-12-3-2-8-22(10-12)17(23)15-9-16(20-11-19-15)21-14-6-4-13(18)5-7-14/h4-7,9,11-12H,2-3,8,10H2,1H3,(H,19,20,21). The van der Waals surface area contributed by atoms with Gasteiger partial charge >= 0.3 is 0 Å². The summed E-state index contributed by atoms with van der Waals surface area (Å²) < 4.78 is 0. The van der Waals surface area contributed by atoms with Crippen LogP contribution in [0.15, 0.2) is 36.7 Å². The van der Waals surface area contributed by atoms with Crippen LogP contribution in [0.4, 0.5) is 11.5 Å². The molecule has 6 heteroatoms. The van der Waals surface area contributed by atoms with E-state index in [2.05, 4.69) is 22.2 Å². The summed E-state index contributed by atoms with van der Waals surface area (Å²) in [7, 11) is 0. The van der Waals surface area contributed by atoms with Crippen molar-refractivity contribution in [3.05, 3.63) is 47.4 Å². The zero-order chi connectivity index (χ0) is 16.2. The number of likely N-dealkylation sites (tertiary alicyclic amines) is 1. The molecule has 1 aliphatic heterocycles. The van der Waals surface area contributed by atoms with Gasteiger partial charge in [0.1, 0.15) is 17.8 Å². The van der Waals surface area contributed by atoms with E-state index in [0.717, 1.165) is 25.2 Å². The SMILES string of the molecule is CC1CCCN(C(=O)c2cc(Nc3ccc(Cl)cc3)ncn2)C1. The number of halogens is 1. The second kappa shape index (κ2) is 6.96. The third-order valence-electron chi connectivity index (χ3n) is 3.95. The van der Waals surface area contributed by atoms with Crippen LogP contribution in [0.25, 0.3) is 0 Å². The van der Waals surface area contributed by atoms with E-state index in [4.69, 9.17) is 11.6 Å². The van der Waals surface area contributed by atoms with E-state index < -0.39 is 0 Å². The molecule has 1 aromatic heterocycles. The Kier molecular flexibility index (Phi) is 4.76. The lowest BCUT2D eigenvalue weighted by Gasteiger charge is -2.30. The summed E-state index contributed by atoms with van der Waals surface area (Å²) in [4.78, 5) is 22.8. The van der Waals surface area contributed by atoms with Gasteiger partial charge in [-0.25, -0.2) is 9.97 Å². The van der Waals surface area contributed by atoms with Gasteiger partial charge in [0.25, 0.3) is 5.91 Å². The number of anilines is 2. The molecule has 120 valence electrons. The monoisotopic (exact) mass is 330 g/mol. The van der Waals surface area contributed by atoms with Crippen LogP contribution in [0.2, 0.25) is 5.02 Å². The molecule has 1 fully saturated rings. The normalized spacial score (nSPS) is 17.8. The van der Waals surface area contributed by atoms with Crippen LogP contribution in [-0.4, -0.2) is 33.9 Å². The van der Waals surface area contributed by atoms with Crippen molar-refractivity contribution < 1.29 is 4.79 Å². The first-order valence-electron chi connectivity index (χ1n) is 7.76.